The van der Waals surface area contributed by atoms with Crippen LogP contribution in [0.1, 0.15) is 31.1 Å². The minimum Gasteiger partial charge on any atom is -0.467 e. The zero-order valence-corrected chi connectivity index (χ0v) is 26.1. The lowest BCUT2D eigenvalue weighted by molar-refractivity contribution is -0.145. The van der Waals surface area contributed by atoms with E-state index in [1.807, 2.05) is 6.07 Å². The average Bonchev–Trinajstić information content (AvgIpc) is 3.43. The van der Waals surface area contributed by atoms with Crippen LogP contribution in [0.4, 0.5) is 4.79 Å². The summed E-state index contributed by atoms with van der Waals surface area (Å²) in [7, 11) is 1.14. The summed E-state index contributed by atoms with van der Waals surface area (Å²) in [6.07, 6.45) is -0.951. The highest BCUT2D eigenvalue weighted by molar-refractivity contribution is 5.96. The number of benzene rings is 2. The van der Waals surface area contributed by atoms with E-state index >= 15 is 0 Å². The summed E-state index contributed by atoms with van der Waals surface area (Å²) in [6.45, 7) is 1.92. The summed E-state index contributed by atoms with van der Waals surface area (Å²) in [5, 5.41) is 22.9. The Morgan fingerprint density at radius 1 is 0.957 bits per heavy atom. The molecule has 2 heterocycles. The monoisotopic (exact) mass is 650 g/mol. The van der Waals surface area contributed by atoms with Gasteiger partial charge in [0.25, 0.3) is 5.91 Å². The van der Waals surface area contributed by atoms with E-state index in [0.29, 0.717) is 16.5 Å². The lowest BCUT2D eigenvalue weighted by Crippen LogP contribution is -2.56. The topological polar surface area (TPSA) is 206 Å². The third-order valence-corrected chi connectivity index (χ3v) is 7.55. The summed E-state index contributed by atoms with van der Waals surface area (Å²) in [5.41, 5.74) is 1.68. The van der Waals surface area contributed by atoms with Gasteiger partial charge in [0.05, 0.1) is 25.8 Å². The highest BCUT2D eigenvalue weighted by Gasteiger charge is 2.33. The SMILES string of the molecule is COC(=O)C1Cc2cn(c3ccccc23)C(NC(=O)OCc2ccccc2)C(=O)NC(C(C)C)C(=O)NCC(=O)NC(CO)C(=O)N1. The fourth-order valence-corrected chi connectivity index (χ4v) is 5.10. The predicted octanol–water partition coefficient (Wildman–Crippen LogP) is 0.0143. The molecule has 1 aromatic heterocycles. The maximum atomic E-state index is 14.0. The summed E-state index contributed by atoms with van der Waals surface area (Å²) < 4.78 is 11.8. The van der Waals surface area contributed by atoms with Crippen molar-refractivity contribution in [3.8, 4) is 0 Å². The fraction of sp³-hybridized carbons (Fsp3) is 0.375. The zero-order chi connectivity index (χ0) is 34.1. The Hall–Kier alpha value is -5.44. The molecule has 4 atom stereocenters. The Bertz CT molecular complexity index is 1620. The maximum Gasteiger partial charge on any atom is 0.409 e. The molecule has 6 N–H and O–H groups in total. The largest absolute Gasteiger partial charge is 0.467 e. The zero-order valence-electron chi connectivity index (χ0n) is 26.1. The molecule has 0 radical (unpaired) electrons. The van der Waals surface area contributed by atoms with E-state index in [9.17, 15) is 33.9 Å². The van der Waals surface area contributed by atoms with Gasteiger partial charge in [-0.2, -0.15) is 0 Å². The molecule has 0 fully saturated rings. The smallest absolute Gasteiger partial charge is 0.409 e. The third kappa shape index (κ3) is 8.64. The van der Waals surface area contributed by atoms with E-state index in [2.05, 4.69) is 26.6 Å². The number of aliphatic hydroxyl groups is 1. The van der Waals surface area contributed by atoms with E-state index < -0.39 is 79.1 Å². The molecule has 4 rings (SSSR count). The Morgan fingerprint density at radius 2 is 1.66 bits per heavy atom. The van der Waals surface area contributed by atoms with Crippen molar-refractivity contribution in [1.82, 2.24) is 31.2 Å². The van der Waals surface area contributed by atoms with E-state index in [4.69, 9.17) is 9.47 Å². The van der Waals surface area contributed by atoms with Gasteiger partial charge in [-0.3, -0.25) is 24.5 Å². The van der Waals surface area contributed by atoms with Gasteiger partial charge in [0.2, 0.25) is 17.7 Å². The van der Waals surface area contributed by atoms with Crippen LogP contribution in [0.3, 0.4) is 0 Å². The number of carbonyl (C=O) groups is 6. The number of rotatable bonds is 6. The second-order valence-electron chi connectivity index (χ2n) is 11.2. The fourth-order valence-electron chi connectivity index (χ4n) is 5.10. The van der Waals surface area contributed by atoms with Crippen LogP contribution < -0.4 is 26.6 Å². The number of aliphatic hydroxyl groups excluding tert-OH is 1. The van der Waals surface area contributed by atoms with Crippen LogP contribution in [0.5, 0.6) is 0 Å². The number of alkyl carbamates (subject to hydrolysis) is 1. The molecule has 4 unspecified atom stereocenters. The van der Waals surface area contributed by atoms with Crippen molar-refractivity contribution in [2.45, 2.75) is 51.2 Å². The number of nitrogens with zero attached hydrogens (tertiary/aromatic N) is 1. The number of methoxy groups -OCH3 is 1. The van der Waals surface area contributed by atoms with Crippen molar-refractivity contribution >= 4 is 46.6 Å². The second kappa shape index (κ2) is 15.7. The normalized spacial score (nSPS) is 21.1. The van der Waals surface area contributed by atoms with Gasteiger partial charge in [0.1, 0.15) is 24.7 Å². The molecule has 0 saturated carbocycles. The summed E-state index contributed by atoms with van der Waals surface area (Å²) in [4.78, 5) is 78.8. The Balaban J connectivity index is 1.79. The van der Waals surface area contributed by atoms with E-state index in [1.54, 1.807) is 68.6 Å². The van der Waals surface area contributed by atoms with Crippen molar-refractivity contribution < 1.29 is 43.3 Å². The molecule has 0 saturated heterocycles. The van der Waals surface area contributed by atoms with Crippen molar-refractivity contribution in [3.05, 3.63) is 71.9 Å². The summed E-state index contributed by atoms with van der Waals surface area (Å²) >= 11 is 0. The van der Waals surface area contributed by atoms with Gasteiger partial charge in [-0.15, -0.1) is 0 Å². The highest BCUT2D eigenvalue weighted by Crippen LogP contribution is 2.26. The van der Waals surface area contributed by atoms with Crippen LogP contribution in [-0.4, -0.2) is 83.8 Å². The van der Waals surface area contributed by atoms with Gasteiger partial charge in [-0.1, -0.05) is 62.4 Å². The molecule has 2 bridgehead atoms. The van der Waals surface area contributed by atoms with Crippen molar-refractivity contribution in [1.29, 1.82) is 0 Å². The Kier molecular flexibility index (Phi) is 11.5. The molecule has 15 nitrogen and oxygen atoms in total. The van der Waals surface area contributed by atoms with Crippen LogP contribution in [0.25, 0.3) is 10.9 Å². The van der Waals surface area contributed by atoms with Crippen LogP contribution in [-0.2, 0) is 46.5 Å². The van der Waals surface area contributed by atoms with E-state index in [1.165, 1.54) is 4.57 Å². The number of ether oxygens (including phenoxy) is 2. The first-order chi connectivity index (χ1) is 22.5. The summed E-state index contributed by atoms with van der Waals surface area (Å²) in [5.74, 6) is -4.40. The molecule has 3 aromatic rings. The maximum absolute atomic E-state index is 14.0. The Labute approximate surface area is 270 Å². The molecule has 1 aliphatic heterocycles. The predicted molar refractivity (Wildman–Crippen MR) is 167 cm³/mol. The van der Waals surface area contributed by atoms with Gasteiger partial charge < -0.3 is 40.4 Å². The van der Waals surface area contributed by atoms with E-state index in [0.717, 1.165) is 12.7 Å². The first-order valence-corrected chi connectivity index (χ1v) is 14.9. The number of para-hydroxylation sites is 1. The molecule has 47 heavy (non-hydrogen) atoms. The molecular weight excluding hydrogens is 612 g/mol. The third-order valence-electron chi connectivity index (χ3n) is 7.55. The number of hydrogen-bond donors (Lipinski definition) is 6. The number of esters is 1. The quantitative estimate of drug-likeness (QED) is 0.199. The summed E-state index contributed by atoms with van der Waals surface area (Å²) in [6, 6.07) is 12.0. The number of carbonyl (C=O) groups excluding carboxylic acids is 6. The van der Waals surface area contributed by atoms with Gasteiger partial charge >= 0.3 is 12.1 Å². The van der Waals surface area contributed by atoms with Crippen LogP contribution in [0, 0.1) is 5.92 Å². The molecule has 0 spiro atoms. The van der Waals surface area contributed by atoms with Gasteiger partial charge in [0.15, 0.2) is 6.17 Å². The number of aromatic nitrogens is 1. The van der Waals surface area contributed by atoms with Crippen molar-refractivity contribution in [2.75, 3.05) is 20.3 Å². The highest BCUT2D eigenvalue weighted by atomic mass is 16.5. The number of amides is 5. The van der Waals surface area contributed by atoms with Crippen molar-refractivity contribution in [3.63, 3.8) is 0 Å². The standard InChI is InChI=1S/C32H38N6O9/c1-18(2)26-29(42)33-14-25(40)34-23(16-39)28(41)35-22(31(44)46-3)13-20-15-38(24-12-8-7-11-21(20)24)27(30(43)36-26)37-32(45)47-17-19-9-5-4-6-10-19/h4-12,15,18,22-23,26-27,39H,13-14,16-17H2,1-3H3,(H,33,42)(H,34,40)(H,35,41)(H,36,43)(H,37,45). The minimum atomic E-state index is -1.45. The molecular formula is C32H38N6O9. The minimum absolute atomic E-state index is 0.0763. The number of hydrogen-bond acceptors (Lipinski definition) is 9. The Morgan fingerprint density at radius 3 is 2.34 bits per heavy atom. The lowest BCUT2D eigenvalue weighted by atomic mass is 10.0. The molecule has 250 valence electrons. The number of nitrogens with one attached hydrogen (secondary N) is 5. The molecule has 15 heteroatoms. The molecule has 0 aliphatic carbocycles. The molecule has 1 aliphatic rings. The van der Waals surface area contributed by atoms with Crippen LogP contribution in [0.2, 0.25) is 0 Å². The first kappa shape index (κ1) is 34.4. The number of fused-ring (bicyclic) bond motifs is 5. The second-order valence-corrected chi connectivity index (χ2v) is 11.2. The van der Waals surface area contributed by atoms with Gasteiger partial charge in [-0.25, -0.2) is 9.59 Å². The molecule has 5 amide bonds. The van der Waals surface area contributed by atoms with Gasteiger partial charge in [0, 0.05) is 18.0 Å². The van der Waals surface area contributed by atoms with E-state index in [-0.39, 0.29) is 13.0 Å². The van der Waals surface area contributed by atoms with Crippen LogP contribution in [0.15, 0.2) is 60.8 Å². The van der Waals surface area contributed by atoms with Crippen LogP contribution >= 0.6 is 0 Å². The molecule has 2 aromatic carbocycles. The first-order valence-electron chi connectivity index (χ1n) is 14.9. The van der Waals surface area contributed by atoms with Gasteiger partial charge in [-0.05, 0) is 23.1 Å². The van der Waals surface area contributed by atoms with Crippen molar-refractivity contribution in [2.24, 2.45) is 5.92 Å². The lowest BCUT2D eigenvalue weighted by Gasteiger charge is -2.26. The average molecular weight is 651 g/mol.